The molecule has 0 heterocycles. The summed E-state index contributed by atoms with van der Waals surface area (Å²) in [6, 6.07) is 7.51. The summed E-state index contributed by atoms with van der Waals surface area (Å²) >= 11 is 0. The van der Waals surface area contributed by atoms with Crippen molar-refractivity contribution in [2.24, 2.45) is 11.8 Å². The molecule has 3 rings (SSSR count). The quantitative estimate of drug-likeness (QED) is 0.369. The molecule has 0 spiro atoms. The molecule has 0 radical (unpaired) electrons. The van der Waals surface area contributed by atoms with Gasteiger partial charge in [0.15, 0.2) is 0 Å². The lowest BCUT2D eigenvalue weighted by Gasteiger charge is -2.35. The smallest absolute Gasteiger partial charge is 0.201 e. The third-order valence-corrected chi connectivity index (χ3v) is 7.44. The van der Waals surface area contributed by atoms with Crippen molar-refractivity contribution in [3.05, 3.63) is 35.4 Å². The maximum absolute atomic E-state index is 15.4. The fraction of sp³-hybridized carbons (Fsp3) is 0.769. The summed E-state index contributed by atoms with van der Waals surface area (Å²) in [7, 11) is 0. The number of benzene rings is 1. The van der Waals surface area contributed by atoms with Crippen molar-refractivity contribution in [2.75, 3.05) is 0 Å². The lowest BCUT2D eigenvalue weighted by atomic mass is 9.73. The van der Waals surface area contributed by atoms with Crippen LogP contribution >= 0.6 is 0 Å². The van der Waals surface area contributed by atoms with Crippen molar-refractivity contribution in [1.29, 1.82) is 0 Å². The van der Waals surface area contributed by atoms with Crippen molar-refractivity contribution in [2.45, 2.75) is 115 Å². The molecular weight excluding hydrogens is 350 g/mol. The van der Waals surface area contributed by atoms with Gasteiger partial charge in [-0.3, -0.25) is 0 Å². The van der Waals surface area contributed by atoms with E-state index in [-0.39, 0.29) is 0 Å². The van der Waals surface area contributed by atoms with Gasteiger partial charge in [0.2, 0.25) is 0 Å². The van der Waals surface area contributed by atoms with Crippen molar-refractivity contribution in [3.63, 3.8) is 0 Å². The van der Waals surface area contributed by atoms with E-state index in [1.807, 2.05) is 18.2 Å². The highest BCUT2D eigenvalue weighted by Crippen LogP contribution is 2.48. The fourth-order valence-corrected chi connectivity index (χ4v) is 5.64. The first-order chi connectivity index (χ1) is 13.6. The maximum atomic E-state index is 15.4. The van der Waals surface area contributed by atoms with Gasteiger partial charge in [-0.2, -0.15) is 0 Å². The number of alkyl halides is 2. The Labute approximate surface area is 171 Å². The van der Waals surface area contributed by atoms with Gasteiger partial charge in [-0.25, -0.2) is 8.78 Å². The van der Waals surface area contributed by atoms with E-state index in [0.717, 1.165) is 43.6 Å². The second-order valence-corrected chi connectivity index (χ2v) is 9.47. The summed E-state index contributed by atoms with van der Waals surface area (Å²) in [5.74, 6) is -1.96. The van der Waals surface area contributed by atoms with Crippen molar-refractivity contribution < 1.29 is 8.78 Å². The monoisotopic (exact) mass is 390 g/mol. The van der Waals surface area contributed by atoms with Crippen LogP contribution in [0.5, 0.6) is 0 Å². The molecule has 158 valence electrons. The molecule has 0 nitrogen and oxygen atoms in total. The largest absolute Gasteiger partial charge is 0.276 e. The Hall–Kier alpha value is -0.920. The highest BCUT2D eigenvalue weighted by Gasteiger charge is 2.43. The standard InChI is InChI=1S/C26H40F2/c1-2-3-4-5-7-12-21-17-19-22(20-18-21)24-15-10-11-16-25(24)26(27,28)23-13-8-6-9-14-23/h10-11,15-16,21-23H,2-9,12-14,17-20H2,1H3/t21-,22-. The van der Waals surface area contributed by atoms with Crippen LogP contribution < -0.4 is 0 Å². The van der Waals surface area contributed by atoms with E-state index in [9.17, 15) is 0 Å². The molecule has 0 bridgehead atoms. The number of hydrogen-bond acceptors (Lipinski definition) is 0. The molecule has 2 fully saturated rings. The van der Waals surface area contributed by atoms with Gasteiger partial charge in [-0.05, 0) is 55.9 Å². The molecule has 2 saturated carbocycles. The van der Waals surface area contributed by atoms with Crippen LogP contribution in [0, 0.1) is 11.8 Å². The van der Waals surface area contributed by atoms with Crippen LogP contribution in [-0.2, 0) is 5.92 Å². The van der Waals surface area contributed by atoms with Gasteiger partial charge < -0.3 is 0 Å². The Morgan fingerprint density at radius 1 is 0.821 bits per heavy atom. The first kappa shape index (κ1) is 21.8. The van der Waals surface area contributed by atoms with Crippen LogP contribution in [0.25, 0.3) is 0 Å². The second-order valence-electron chi connectivity index (χ2n) is 9.47. The summed E-state index contributed by atoms with van der Waals surface area (Å²) in [5, 5.41) is 0. The Bertz CT molecular complexity index is 566. The molecule has 28 heavy (non-hydrogen) atoms. The Morgan fingerprint density at radius 3 is 2.21 bits per heavy atom. The van der Waals surface area contributed by atoms with E-state index in [0.29, 0.717) is 24.3 Å². The van der Waals surface area contributed by atoms with E-state index in [1.54, 1.807) is 6.07 Å². The van der Waals surface area contributed by atoms with E-state index >= 15 is 8.78 Å². The molecule has 2 aliphatic carbocycles. The summed E-state index contributed by atoms with van der Waals surface area (Å²) in [6.45, 7) is 2.26. The Balaban J connectivity index is 1.58. The van der Waals surface area contributed by atoms with Gasteiger partial charge in [0.1, 0.15) is 0 Å². The molecule has 0 unspecified atom stereocenters. The average molecular weight is 391 g/mol. The van der Waals surface area contributed by atoms with Crippen LogP contribution in [0.15, 0.2) is 24.3 Å². The van der Waals surface area contributed by atoms with E-state index in [4.69, 9.17) is 0 Å². The molecule has 2 heteroatoms. The average Bonchev–Trinajstić information content (AvgIpc) is 2.75. The van der Waals surface area contributed by atoms with Crippen LogP contribution in [0.1, 0.15) is 120 Å². The number of rotatable bonds is 9. The molecule has 0 amide bonds. The van der Waals surface area contributed by atoms with Crippen LogP contribution in [0.3, 0.4) is 0 Å². The number of unbranched alkanes of at least 4 members (excludes halogenated alkanes) is 4. The minimum absolute atomic E-state index is 0.335. The van der Waals surface area contributed by atoms with Gasteiger partial charge in [0.25, 0.3) is 5.92 Å². The Kier molecular flexibility index (Phi) is 8.36. The topological polar surface area (TPSA) is 0 Å². The summed E-state index contributed by atoms with van der Waals surface area (Å²) in [5.41, 5.74) is 1.31. The third-order valence-electron chi connectivity index (χ3n) is 7.44. The molecule has 1 aromatic rings. The molecule has 0 saturated heterocycles. The minimum atomic E-state index is -2.66. The van der Waals surface area contributed by atoms with Crippen LogP contribution in [0.4, 0.5) is 8.78 Å². The summed E-state index contributed by atoms with van der Waals surface area (Å²) in [6.07, 6.45) is 17.2. The number of hydrogen-bond donors (Lipinski definition) is 0. The van der Waals surface area contributed by atoms with Crippen LogP contribution in [0.2, 0.25) is 0 Å². The van der Waals surface area contributed by atoms with E-state index in [1.165, 1.54) is 51.4 Å². The van der Waals surface area contributed by atoms with Gasteiger partial charge in [-0.15, -0.1) is 0 Å². The Morgan fingerprint density at radius 2 is 1.50 bits per heavy atom. The highest BCUT2D eigenvalue weighted by atomic mass is 19.3. The normalized spacial score (nSPS) is 24.4. The first-order valence-electron chi connectivity index (χ1n) is 12.1. The summed E-state index contributed by atoms with van der Waals surface area (Å²) < 4.78 is 30.8. The fourth-order valence-electron chi connectivity index (χ4n) is 5.64. The zero-order valence-electron chi connectivity index (χ0n) is 17.9. The minimum Gasteiger partial charge on any atom is -0.201 e. The predicted octanol–water partition coefficient (Wildman–Crippen LogP) is 8.99. The third kappa shape index (κ3) is 5.57. The SMILES string of the molecule is CCCCCCC[C@H]1CC[C@H](c2ccccc2C(F)(F)C2CCCCC2)CC1. The molecule has 1 aromatic carbocycles. The number of halogens is 2. The molecular formula is C26H40F2. The van der Waals surface area contributed by atoms with Gasteiger partial charge in [-0.1, -0.05) is 89.0 Å². The maximum Gasteiger partial charge on any atom is 0.276 e. The van der Waals surface area contributed by atoms with E-state index < -0.39 is 11.8 Å². The zero-order valence-corrected chi connectivity index (χ0v) is 17.9. The van der Waals surface area contributed by atoms with Gasteiger partial charge >= 0.3 is 0 Å². The molecule has 0 aliphatic heterocycles. The van der Waals surface area contributed by atoms with Crippen molar-refractivity contribution >= 4 is 0 Å². The molecule has 2 aliphatic rings. The second kappa shape index (κ2) is 10.7. The molecule has 0 N–H and O–H groups in total. The van der Waals surface area contributed by atoms with Crippen molar-refractivity contribution in [3.8, 4) is 0 Å². The lowest BCUT2D eigenvalue weighted by molar-refractivity contribution is -0.0787. The lowest BCUT2D eigenvalue weighted by Crippen LogP contribution is -2.29. The molecule has 0 aromatic heterocycles. The predicted molar refractivity (Wildman–Crippen MR) is 115 cm³/mol. The van der Waals surface area contributed by atoms with Gasteiger partial charge in [0.05, 0.1) is 0 Å². The summed E-state index contributed by atoms with van der Waals surface area (Å²) in [4.78, 5) is 0. The van der Waals surface area contributed by atoms with E-state index in [2.05, 4.69) is 6.92 Å². The first-order valence-corrected chi connectivity index (χ1v) is 12.1. The van der Waals surface area contributed by atoms with Crippen molar-refractivity contribution in [1.82, 2.24) is 0 Å². The highest BCUT2D eigenvalue weighted by molar-refractivity contribution is 5.35. The molecule has 0 atom stereocenters. The van der Waals surface area contributed by atoms with Gasteiger partial charge in [0, 0.05) is 11.5 Å². The van der Waals surface area contributed by atoms with Crippen LogP contribution in [-0.4, -0.2) is 0 Å². The zero-order chi connectivity index (χ0) is 19.8.